The smallest absolute Gasteiger partial charge is 0.426 e. The minimum Gasteiger partial charge on any atom is -0.482 e. The highest BCUT2D eigenvalue weighted by Crippen LogP contribution is 2.26. The van der Waals surface area contributed by atoms with Crippen molar-refractivity contribution in [2.75, 3.05) is 6.61 Å². The minimum atomic E-state index is 0.453. The Morgan fingerprint density at radius 2 is 2.14 bits per heavy atom. The fraction of sp³-hybridized carbons (Fsp3) is 0.273. The Hall–Kier alpha value is -1.82. The van der Waals surface area contributed by atoms with Gasteiger partial charge in [-0.3, -0.25) is 0 Å². The molecule has 0 saturated heterocycles. The molecule has 1 aromatic carbocycles. The highest BCUT2D eigenvalue weighted by Gasteiger charge is 2.12. The first kappa shape index (κ1) is 10.3. The molecule has 0 heterocycles. The second-order valence-corrected chi connectivity index (χ2v) is 3.16. The summed E-state index contributed by atoms with van der Waals surface area (Å²) < 4.78 is 5.41. The summed E-state index contributed by atoms with van der Waals surface area (Å²) in [4.78, 5) is 3.12. The summed E-state index contributed by atoms with van der Waals surface area (Å²) in [5, 5.41) is 8.66. The molecule has 1 aromatic rings. The standard InChI is InChI=1S/C11H13N2O/c1-9(2)7-8-14-11-6-4-3-5-10(11)13-12/h3-7H,8H2,1-2H3/q+1. The van der Waals surface area contributed by atoms with Gasteiger partial charge < -0.3 is 4.74 Å². The summed E-state index contributed by atoms with van der Waals surface area (Å²) in [7, 11) is 0. The van der Waals surface area contributed by atoms with Gasteiger partial charge in [0.05, 0.1) is 0 Å². The lowest BCUT2D eigenvalue weighted by Gasteiger charge is -1.99. The van der Waals surface area contributed by atoms with Crippen LogP contribution in [0.5, 0.6) is 5.75 Å². The monoisotopic (exact) mass is 189 g/mol. The number of allylic oxidation sites excluding steroid dienone is 1. The second-order valence-electron chi connectivity index (χ2n) is 3.16. The molecule has 0 bridgehead atoms. The van der Waals surface area contributed by atoms with Gasteiger partial charge in [0.1, 0.15) is 6.61 Å². The highest BCUT2D eigenvalue weighted by molar-refractivity contribution is 5.56. The fourth-order valence-corrected chi connectivity index (χ4v) is 0.960. The lowest BCUT2D eigenvalue weighted by Crippen LogP contribution is -1.93. The van der Waals surface area contributed by atoms with Crippen LogP contribution in [-0.4, -0.2) is 6.61 Å². The average molecular weight is 189 g/mol. The van der Waals surface area contributed by atoms with E-state index in [9.17, 15) is 0 Å². The maximum atomic E-state index is 8.66. The van der Waals surface area contributed by atoms with E-state index in [2.05, 4.69) is 4.98 Å². The van der Waals surface area contributed by atoms with Gasteiger partial charge >= 0.3 is 5.69 Å². The Labute approximate surface area is 83.6 Å². The van der Waals surface area contributed by atoms with Crippen LogP contribution in [0.2, 0.25) is 0 Å². The molecule has 0 aliphatic rings. The predicted octanol–water partition coefficient (Wildman–Crippen LogP) is 3.52. The topological polar surface area (TPSA) is 37.4 Å². The van der Waals surface area contributed by atoms with E-state index in [4.69, 9.17) is 10.1 Å². The Morgan fingerprint density at radius 1 is 1.43 bits per heavy atom. The predicted molar refractivity (Wildman–Crippen MR) is 56.1 cm³/mol. The van der Waals surface area contributed by atoms with Crippen LogP contribution in [0.1, 0.15) is 13.8 Å². The number of benzene rings is 1. The van der Waals surface area contributed by atoms with Gasteiger partial charge in [-0.05, 0) is 26.0 Å². The van der Waals surface area contributed by atoms with Crippen molar-refractivity contribution in [2.24, 2.45) is 0 Å². The van der Waals surface area contributed by atoms with E-state index in [1.54, 1.807) is 18.2 Å². The van der Waals surface area contributed by atoms with E-state index in [-0.39, 0.29) is 0 Å². The Balaban J connectivity index is 2.68. The zero-order chi connectivity index (χ0) is 10.4. The molecule has 14 heavy (non-hydrogen) atoms. The summed E-state index contributed by atoms with van der Waals surface area (Å²) in [5.74, 6) is 0.590. The molecular formula is C11H13N2O+. The molecule has 0 aromatic heterocycles. The minimum absolute atomic E-state index is 0.453. The van der Waals surface area contributed by atoms with Gasteiger partial charge in [-0.25, -0.2) is 0 Å². The van der Waals surface area contributed by atoms with Crippen LogP contribution >= 0.6 is 0 Å². The van der Waals surface area contributed by atoms with Gasteiger partial charge in [0.15, 0.2) is 4.98 Å². The van der Waals surface area contributed by atoms with E-state index in [1.807, 2.05) is 26.0 Å². The maximum absolute atomic E-state index is 8.66. The van der Waals surface area contributed by atoms with Gasteiger partial charge in [-0.15, -0.1) is 0 Å². The number of nitrogens with zero attached hydrogens (tertiary/aromatic N) is 2. The van der Waals surface area contributed by atoms with Crippen molar-refractivity contribution in [1.82, 2.24) is 0 Å². The molecular weight excluding hydrogens is 176 g/mol. The summed E-state index contributed by atoms with van der Waals surface area (Å²) in [6.07, 6.45) is 1.97. The van der Waals surface area contributed by atoms with Crippen molar-refractivity contribution in [3.63, 3.8) is 0 Å². The van der Waals surface area contributed by atoms with Crippen molar-refractivity contribution in [1.29, 1.82) is 5.39 Å². The van der Waals surface area contributed by atoms with Crippen LogP contribution in [0.25, 0.3) is 4.98 Å². The van der Waals surface area contributed by atoms with Crippen LogP contribution in [-0.2, 0) is 0 Å². The SMILES string of the molecule is CC(C)=CCOc1ccccc1[N+]#N. The molecule has 0 fully saturated rings. The van der Waals surface area contributed by atoms with Gasteiger partial charge in [0.25, 0.3) is 0 Å². The number of hydrogen-bond donors (Lipinski definition) is 0. The normalized spacial score (nSPS) is 8.93. The molecule has 72 valence electrons. The van der Waals surface area contributed by atoms with Crippen molar-refractivity contribution in [2.45, 2.75) is 13.8 Å². The van der Waals surface area contributed by atoms with Gasteiger partial charge in [-0.2, -0.15) is 0 Å². The fourth-order valence-electron chi connectivity index (χ4n) is 0.960. The van der Waals surface area contributed by atoms with E-state index >= 15 is 0 Å². The molecule has 0 amide bonds. The summed E-state index contributed by atoms with van der Waals surface area (Å²) >= 11 is 0. The third kappa shape index (κ3) is 2.91. The van der Waals surface area contributed by atoms with E-state index in [0.29, 0.717) is 18.0 Å². The third-order valence-corrected chi connectivity index (χ3v) is 1.70. The highest BCUT2D eigenvalue weighted by atomic mass is 16.5. The molecule has 0 saturated carbocycles. The Morgan fingerprint density at radius 3 is 2.79 bits per heavy atom. The first-order valence-electron chi connectivity index (χ1n) is 4.44. The zero-order valence-corrected chi connectivity index (χ0v) is 8.40. The lowest BCUT2D eigenvalue weighted by atomic mass is 10.3. The second kappa shape index (κ2) is 5.03. The quantitative estimate of drug-likeness (QED) is 0.539. The van der Waals surface area contributed by atoms with E-state index < -0.39 is 0 Å². The van der Waals surface area contributed by atoms with Crippen LogP contribution in [0.4, 0.5) is 5.69 Å². The van der Waals surface area contributed by atoms with Crippen LogP contribution in [0.15, 0.2) is 35.9 Å². The molecule has 0 atom stereocenters. The van der Waals surface area contributed by atoms with Crippen molar-refractivity contribution < 1.29 is 4.74 Å². The Bertz CT molecular complexity index is 373. The summed E-state index contributed by atoms with van der Waals surface area (Å²) in [6, 6.07) is 7.10. The van der Waals surface area contributed by atoms with Crippen molar-refractivity contribution in [3.05, 3.63) is 40.9 Å². The Kier molecular flexibility index (Phi) is 3.69. The van der Waals surface area contributed by atoms with Gasteiger partial charge in [0, 0.05) is 6.07 Å². The molecule has 3 heteroatoms. The van der Waals surface area contributed by atoms with Crippen LogP contribution < -0.4 is 4.74 Å². The molecule has 0 aliphatic heterocycles. The molecule has 0 spiro atoms. The third-order valence-electron chi connectivity index (χ3n) is 1.70. The molecule has 0 aliphatic carbocycles. The summed E-state index contributed by atoms with van der Waals surface area (Å²) in [5.41, 5.74) is 1.65. The van der Waals surface area contributed by atoms with Crippen molar-refractivity contribution in [3.8, 4) is 5.75 Å². The van der Waals surface area contributed by atoms with Crippen molar-refractivity contribution >= 4 is 5.69 Å². The first-order valence-corrected chi connectivity index (χ1v) is 4.44. The van der Waals surface area contributed by atoms with Gasteiger partial charge in [-0.1, -0.05) is 17.7 Å². The van der Waals surface area contributed by atoms with Gasteiger partial charge in [0.2, 0.25) is 11.1 Å². The molecule has 1 rings (SSSR count). The summed E-state index contributed by atoms with van der Waals surface area (Å²) in [6.45, 7) is 4.51. The van der Waals surface area contributed by atoms with E-state index in [1.165, 1.54) is 5.57 Å². The lowest BCUT2D eigenvalue weighted by molar-refractivity contribution is 0.364. The zero-order valence-electron chi connectivity index (χ0n) is 8.40. The number of para-hydroxylation sites is 1. The number of ether oxygens (including phenoxy) is 1. The number of diazo groups is 1. The molecule has 0 N–H and O–H groups in total. The molecule has 0 radical (unpaired) electrons. The average Bonchev–Trinajstić information content (AvgIpc) is 2.18. The number of rotatable bonds is 3. The van der Waals surface area contributed by atoms with E-state index in [0.717, 1.165) is 0 Å². The maximum Gasteiger partial charge on any atom is 0.426 e. The van der Waals surface area contributed by atoms with Crippen LogP contribution in [0.3, 0.4) is 0 Å². The molecule has 3 nitrogen and oxygen atoms in total. The largest absolute Gasteiger partial charge is 0.482 e. The number of hydrogen-bond acceptors (Lipinski definition) is 2. The molecule has 0 unspecified atom stereocenters. The first-order chi connectivity index (χ1) is 6.74. The van der Waals surface area contributed by atoms with Crippen LogP contribution in [0, 0.1) is 5.39 Å².